The van der Waals surface area contributed by atoms with Gasteiger partial charge >= 0.3 is 6.18 Å². The van der Waals surface area contributed by atoms with E-state index in [1.54, 1.807) is 20.2 Å². The molecule has 0 atom stereocenters. The maximum absolute atomic E-state index is 12.9. The first-order chi connectivity index (χ1) is 13.9. The van der Waals surface area contributed by atoms with Crippen LogP contribution in [0.2, 0.25) is 0 Å². The minimum Gasteiger partial charge on any atom is -0.355 e. The lowest BCUT2D eigenvalue weighted by Gasteiger charge is -2.30. The Bertz CT molecular complexity index is 701. The molecule has 0 fully saturated rings. The number of benzene rings is 1. The summed E-state index contributed by atoms with van der Waals surface area (Å²) < 4.78 is 38.8. The fraction of sp³-hybridized carbons (Fsp3) is 0.619. The van der Waals surface area contributed by atoms with Gasteiger partial charge in [-0.15, -0.1) is 24.0 Å². The summed E-state index contributed by atoms with van der Waals surface area (Å²) in [6.45, 7) is 9.94. The van der Waals surface area contributed by atoms with Crippen LogP contribution in [0.3, 0.4) is 0 Å². The normalized spacial score (nSPS) is 12.2. The monoisotopic (exact) mass is 557 g/mol. The summed E-state index contributed by atoms with van der Waals surface area (Å²) in [6, 6.07) is 5.84. The fourth-order valence-corrected chi connectivity index (χ4v) is 2.92. The third kappa shape index (κ3) is 11.0. The van der Waals surface area contributed by atoms with Crippen molar-refractivity contribution < 1.29 is 18.0 Å². The van der Waals surface area contributed by atoms with Gasteiger partial charge < -0.3 is 15.5 Å². The Morgan fingerprint density at radius 3 is 2.23 bits per heavy atom. The van der Waals surface area contributed by atoms with E-state index in [2.05, 4.69) is 48.2 Å². The molecule has 2 N–H and O–H groups in total. The van der Waals surface area contributed by atoms with Crippen molar-refractivity contribution in [3.8, 4) is 0 Å². The number of hydrogen-bond donors (Lipinski definition) is 2. The molecule has 1 aromatic carbocycles. The minimum atomic E-state index is -4.39. The van der Waals surface area contributed by atoms with Gasteiger partial charge in [0.2, 0.25) is 5.91 Å². The van der Waals surface area contributed by atoms with Gasteiger partial charge in [-0.1, -0.05) is 12.1 Å². The molecule has 1 aromatic rings. The number of carbonyl (C=O) groups is 1. The van der Waals surface area contributed by atoms with Gasteiger partial charge in [0.25, 0.3) is 0 Å². The van der Waals surface area contributed by atoms with Crippen LogP contribution in [-0.2, 0) is 17.5 Å². The molecular weight excluding hydrogens is 522 g/mol. The lowest BCUT2D eigenvalue weighted by atomic mass is 10.1. The van der Waals surface area contributed by atoms with Crippen LogP contribution in [0.4, 0.5) is 13.2 Å². The molecule has 0 aliphatic rings. The highest BCUT2D eigenvalue weighted by Gasteiger charge is 2.30. The third-order valence-electron chi connectivity index (χ3n) is 4.57. The molecule has 1 rings (SSSR count). The summed E-state index contributed by atoms with van der Waals surface area (Å²) >= 11 is 0. The van der Waals surface area contributed by atoms with E-state index in [1.807, 2.05) is 0 Å². The van der Waals surface area contributed by atoms with Crippen molar-refractivity contribution in [3.63, 3.8) is 0 Å². The molecule has 0 unspecified atom stereocenters. The molecule has 0 spiro atoms. The van der Waals surface area contributed by atoms with Gasteiger partial charge in [-0.05, 0) is 45.4 Å². The number of halogens is 4. The molecule has 1 amide bonds. The highest BCUT2D eigenvalue weighted by Crippen LogP contribution is 2.29. The van der Waals surface area contributed by atoms with Gasteiger partial charge in [-0.25, -0.2) is 4.99 Å². The summed E-state index contributed by atoms with van der Waals surface area (Å²) in [5.41, 5.74) is -0.263. The van der Waals surface area contributed by atoms with Crippen LogP contribution in [-0.4, -0.2) is 67.5 Å². The number of guanidine groups is 1. The molecule has 0 bridgehead atoms. The van der Waals surface area contributed by atoms with Crippen molar-refractivity contribution >= 4 is 35.8 Å². The van der Waals surface area contributed by atoms with E-state index >= 15 is 0 Å². The molecule has 178 valence electrons. The van der Waals surface area contributed by atoms with Crippen LogP contribution in [0.15, 0.2) is 29.3 Å². The number of carbonyl (C=O) groups excluding carboxylic acids is 1. The minimum absolute atomic E-state index is 0. The Hall–Kier alpha value is -1.56. The number of aliphatic imine (C=N–C) groups is 1. The predicted octanol–water partition coefficient (Wildman–Crippen LogP) is 3.57. The van der Waals surface area contributed by atoms with E-state index in [9.17, 15) is 18.0 Å². The zero-order valence-corrected chi connectivity index (χ0v) is 21.4. The maximum atomic E-state index is 12.9. The summed E-state index contributed by atoms with van der Waals surface area (Å²) in [6.07, 6.45) is -4.39. The summed E-state index contributed by atoms with van der Waals surface area (Å²) in [4.78, 5) is 20.0. The summed E-state index contributed by atoms with van der Waals surface area (Å²) in [5.74, 6) is 0.254. The van der Waals surface area contributed by atoms with Gasteiger partial charge in [0, 0.05) is 39.3 Å². The van der Waals surface area contributed by atoms with Crippen molar-refractivity contribution in [1.82, 2.24) is 20.4 Å². The van der Waals surface area contributed by atoms with Gasteiger partial charge in [-0.3, -0.25) is 9.69 Å². The van der Waals surface area contributed by atoms with E-state index in [4.69, 9.17) is 0 Å². The Labute approximate surface area is 200 Å². The predicted molar refractivity (Wildman–Crippen MR) is 130 cm³/mol. The lowest BCUT2D eigenvalue weighted by Crippen LogP contribution is -2.47. The standard InChI is InChI=1S/C21H34F3N5O.HI/c1-15(2)29(16(3)4)11-10-25-20(27-14-19(30)28(5)6)26-13-17-8-7-9-18(12-17)21(22,23)24;/h7-9,12,15-16H,10-11,13-14H2,1-6H3,(H2,25,26,27);1H. The Balaban J connectivity index is 0.00000900. The second-order valence-corrected chi connectivity index (χ2v) is 7.86. The quantitative estimate of drug-likeness (QED) is 0.277. The number of likely N-dealkylation sites (N-methyl/N-ethyl adjacent to an activating group) is 1. The van der Waals surface area contributed by atoms with Crippen LogP contribution < -0.4 is 10.6 Å². The van der Waals surface area contributed by atoms with E-state index in [1.165, 1.54) is 11.0 Å². The number of nitrogens with one attached hydrogen (secondary N) is 2. The van der Waals surface area contributed by atoms with Gasteiger partial charge in [0.1, 0.15) is 0 Å². The van der Waals surface area contributed by atoms with Gasteiger partial charge in [-0.2, -0.15) is 13.2 Å². The van der Waals surface area contributed by atoms with Crippen molar-refractivity contribution in [1.29, 1.82) is 0 Å². The zero-order chi connectivity index (χ0) is 22.9. The number of rotatable bonds is 9. The SMILES string of the molecule is CC(C)N(CCNC(=NCc1cccc(C(F)(F)F)c1)NCC(=O)N(C)C)C(C)C.I. The zero-order valence-electron chi connectivity index (χ0n) is 19.1. The molecule has 0 saturated heterocycles. The fourth-order valence-electron chi connectivity index (χ4n) is 2.92. The topological polar surface area (TPSA) is 60.0 Å². The molecule has 10 heteroatoms. The molecule has 0 aromatic heterocycles. The molecule has 31 heavy (non-hydrogen) atoms. The molecule has 0 saturated carbocycles. The highest BCUT2D eigenvalue weighted by atomic mass is 127. The molecular formula is C21H35F3IN5O. The lowest BCUT2D eigenvalue weighted by molar-refractivity contribution is -0.137. The maximum Gasteiger partial charge on any atom is 0.416 e. The van der Waals surface area contributed by atoms with E-state index in [-0.39, 0.29) is 43.0 Å². The third-order valence-corrected chi connectivity index (χ3v) is 4.57. The molecule has 6 nitrogen and oxygen atoms in total. The van der Waals surface area contributed by atoms with Gasteiger partial charge in [0.05, 0.1) is 18.7 Å². The Morgan fingerprint density at radius 1 is 1.10 bits per heavy atom. The number of nitrogens with zero attached hydrogens (tertiary/aromatic N) is 3. The smallest absolute Gasteiger partial charge is 0.355 e. The Morgan fingerprint density at radius 2 is 1.71 bits per heavy atom. The highest BCUT2D eigenvalue weighted by molar-refractivity contribution is 14.0. The first-order valence-electron chi connectivity index (χ1n) is 10.1. The van der Waals surface area contributed by atoms with Crippen molar-refractivity contribution in [2.45, 2.75) is 52.5 Å². The van der Waals surface area contributed by atoms with Crippen LogP contribution in [0.5, 0.6) is 0 Å². The van der Waals surface area contributed by atoms with Crippen molar-refractivity contribution in [2.75, 3.05) is 33.7 Å². The second-order valence-electron chi connectivity index (χ2n) is 7.86. The number of hydrogen-bond acceptors (Lipinski definition) is 3. The number of alkyl halides is 3. The molecule has 0 radical (unpaired) electrons. The van der Waals surface area contributed by atoms with Gasteiger partial charge in [0.15, 0.2) is 5.96 Å². The number of amides is 1. The van der Waals surface area contributed by atoms with Crippen LogP contribution in [0.25, 0.3) is 0 Å². The van der Waals surface area contributed by atoms with Crippen LogP contribution in [0, 0.1) is 0 Å². The first kappa shape index (κ1) is 29.4. The largest absolute Gasteiger partial charge is 0.416 e. The second kappa shape index (κ2) is 13.8. The molecule has 0 heterocycles. The van der Waals surface area contributed by atoms with Crippen LogP contribution in [0.1, 0.15) is 38.8 Å². The first-order valence-corrected chi connectivity index (χ1v) is 10.1. The van der Waals surface area contributed by atoms with Crippen molar-refractivity contribution in [3.05, 3.63) is 35.4 Å². The summed E-state index contributed by atoms with van der Waals surface area (Å²) in [7, 11) is 3.31. The molecule has 0 aliphatic heterocycles. The molecule has 0 aliphatic carbocycles. The average molecular weight is 557 g/mol. The average Bonchev–Trinajstić information content (AvgIpc) is 2.65. The van der Waals surface area contributed by atoms with E-state index < -0.39 is 11.7 Å². The van der Waals surface area contributed by atoms with Crippen molar-refractivity contribution in [2.24, 2.45) is 4.99 Å². The van der Waals surface area contributed by atoms with E-state index in [0.717, 1.165) is 18.7 Å². The van der Waals surface area contributed by atoms with E-state index in [0.29, 0.717) is 30.2 Å². The Kier molecular flexibility index (Phi) is 13.1. The summed E-state index contributed by atoms with van der Waals surface area (Å²) in [5, 5.41) is 6.13. The van der Waals surface area contributed by atoms with Crippen LogP contribution >= 0.6 is 24.0 Å².